The first-order chi connectivity index (χ1) is 9.04. The molecule has 2 aromatic heterocycles. The topological polar surface area (TPSA) is 106 Å². The molecule has 0 radical (unpaired) electrons. The standard InChI is InChI=1S/C11H15N5O3/c1-7(5-17)4-16-10(8-3-12-6-15(8)2)9(11(18)19)13-14-16/h3,6-7,17H,4-5H2,1-2H3,(H,18,19). The zero-order valence-electron chi connectivity index (χ0n) is 10.7. The first-order valence-electron chi connectivity index (χ1n) is 5.79. The Balaban J connectivity index is 2.51. The molecule has 2 aromatic rings. The van der Waals surface area contributed by atoms with Crippen molar-refractivity contribution in [3.8, 4) is 11.4 Å². The summed E-state index contributed by atoms with van der Waals surface area (Å²) < 4.78 is 3.19. The molecule has 1 unspecified atom stereocenters. The monoisotopic (exact) mass is 265 g/mol. The van der Waals surface area contributed by atoms with Crippen molar-refractivity contribution in [2.45, 2.75) is 13.5 Å². The lowest BCUT2D eigenvalue weighted by Gasteiger charge is -2.11. The Labute approximate surface area is 109 Å². The molecule has 0 fully saturated rings. The van der Waals surface area contributed by atoms with Crippen LogP contribution in [0.25, 0.3) is 11.4 Å². The lowest BCUT2D eigenvalue weighted by atomic mass is 10.2. The van der Waals surface area contributed by atoms with E-state index < -0.39 is 5.97 Å². The Hall–Kier alpha value is -2.22. The molecule has 0 aliphatic heterocycles. The highest BCUT2D eigenvalue weighted by Crippen LogP contribution is 2.22. The third-order valence-corrected chi connectivity index (χ3v) is 2.79. The minimum atomic E-state index is -1.14. The number of carbonyl (C=O) groups is 1. The molecular formula is C11H15N5O3. The molecule has 0 aliphatic rings. The van der Waals surface area contributed by atoms with Gasteiger partial charge in [-0.2, -0.15) is 0 Å². The Morgan fingerprint density at radius 1 is 1.53 bits per heavy atom. The molecule has 0 spiro atoms. The molecule has 2 N–H and O–H groups in total. The van der Waals surface area contributed by atoms with Crippen LogP contribution < -0.4 is 0 Å². The van der Waals surface area contributed by atoms with Gasteiger partial charge in [-0.05, 0) is 5.92 Å². The molecule has 102 valence electrons. The summed E-state index contributed by atoms with van der Waals surface area (Å²) in [6, 6.07) is 0. The van der Waals surface area contributed by atoms with Crippen LogP contribution in [0.5, 0.6) is 0 Å². The average Bonchev–Trinajstić information content (AvgIpc) is 2.95. The van der Waals surface area contributed by atoms with E-state index in [2.05, 4.69) is 15.3 Å². The normalized spacial score (nSPS) is 12.6. The van der Waals surface area contributed by atoms with E-state index >= 15 is 0 Å². The summed E-state index contributed by atoms with van der Waals surface area (Å²) in [6.07, 6.45) is 3.14. The molecule has 0 amide bonds. The number of aryl methyl sites for hydroxylation is 1. The lowest BCUT2D eigenvalue weighted by molar-refractivity contribution is 0.0691. The second-order valence-corrected chi connectivity index (χ2v) is 4.45. The number of aromatic nitrogens is 5. The van der Waals surface area contributed by atoms with Gasteiger partial charge in [0.1, 0.15) is 5.69 Å². The van der Waals surface area contributed by atoms with E-state index in [0.29, 0.717) is 17.9 Å². The maximum absolute atomic E-state index is 11.2. The quantitative estimate of drug-likeness (QED) is 0.788. The summed E-state index contributed by atoms with van der Waals surface area (Å²) in [7, 11) is 1.76. The van der Waals surface area contributed by atoms with Crippen LogP contribution in [0.15, 0.2) is 12.5 Å². The molecule has 2 heterocycles. The van der Waals surface area contributed by atoms with Crippen molar-refractivity contribution in [3.63, 3.8) is 0 Å². The van der Waals surface area contributed by atoms with E-state index in [9.17, 15) is 4.79 Å². The van der Waals surface area contributed by atoms with E-state index in [1.165, 1.54) is 4.68 Å². The molecule has 19 heavy (non-hydrogen) atoms. The molecule has 2 rings (SSSR count). The Morgan fingerprint density at radius 3 is 2.79 bits per heavy atom. The molecule has 0 aliphatic carbocycles. The van der Waals surface area contributed by atoms with Gasteiger partial charge < -0.3 is 14.8 Å². The molecule has 8 heteroatoms. The van der Waals surface area contributed by atoms with E-state index in [0.717, 1.165) is 0 Å². The molecule has 0 bridgehead atoms. The van der Waals surface area contributed by atoms with Gasteiger partial charge in [-0.25, -0.2) is 14.5 Å². The van der Waals surface area contributed by atoms with Crippen LogP contribution in [0.1, 0.15) is 17.4 Å². The summed E-state index contributed by atoms with van der Waals surface area (Å²) in [5, 5.41) is 25.8. The van der Waals surface area contributed by atoms with Crippen LogP contribution in [-0.4, -0.2) is 47.3 Å². The number of carboxylic acid groups (broad SMARTS) is 1. The van der Waals surface area contributed by atoms with Crippen molar-refractivity contribution in [1.82, 2.24) is 24.5 Å². The fraction of sp³-hybridized carbons (Fsp3) is 0.455. The number of imidazole rings is 1. The highest BCUT2D eigenvalue weighted by molar-refractivity contribution is 5.92. The molecule has 0 saturated heterocycles. The van der Waals surface area contributed by atoms with Crippen LogP contribution in [0, 0.1) is 5.92 Å². The second-order valence-electron chi connectivity index (χ2n) is 4.45. The number of nitrogens with zero attached hydrogens (tertiary/aromatic N) is 5. The van der Waals surface area contributed by atoms with Gasteiger partial charge in [0.15, 0.2) is 5.69 Å². The second kappa shape index (κ2) is 5.19. The van der Waals surface area contributed by atoms with Crippen molar-refractivity contribution in [1.29, 1.82) is 0 Å². The summed E-state index contributed by atoms with van der Waals surface area (Å²) in [5.41, 5.74) is 0.897. The highest BCUT2D eigenvalue weighted by Gasteiger charge is 2.23. The van der Waals surface area contributed by atoms with E-state index in [1.54, 1.807) is 24.1 Å². The first kappa shape index (κ1) is 13.2. The van der Waals surface area contributed by atoms with Gasteiger partial charge in [-0.3, -0.25) is 0 Å². The number of aromatic carboxylic acids is 1. The van der Waals surface area contributed by atoms with Crippen molar-refractivity contribution >= 4 is 5.97 Å². The molecule has 0 saturated carbocycles. The van der Waals surface area contributed by atoms with Crippen LogP contribution >= 0.6 is 0 Å². The van der Waals surface area contributed by atoms with Crippen molar-refractivity contribution in [2.24, 2.45) is 13.0 Å². The lowest BCUT2D eigenvalue weighted by Crippen LogP contribution is -2.14. The van der Waals surface area contributed by atoms with Gasteiger partial charge >= 0.3 is 5.97 Å². The molecule has 8 nitrogen and oxygen atoms in total. The number of hydrogen-bond donors (Lipinski definition) is 2. The van der Waals surface area contributed by atoms with Crippen LogP contribution in [0.3, 0.4) is 0 Å². The van der Waals surface area contributed by atoms with Gasteiger partial charge in [-0.1, -0.05) is 12.1 Å². The SMILES string of the molecule is CC(CO)Cn1nnc(C(=O)O)c1-c1cncn1C. The Morgan fingerprint density at radius 2 is 2.26 bits per heavy atom. The minimum absolute atomic E-state index is 0.00685. The van der Waals surface area contributed by atoms with Gasteiger partial charge in [0.05, 0.1) is 18.2 Å². The number of aliphatic hydroxyl groups is 1. The number of hydrogen-bond acceptors (Lipinski definition) is 5. The van der Waals surface area contributed by atoms with Crippen molar-refractivity contribution < 1.29 is 15.0 Å². The van der Waals surface area contributed by atoms with Gasteiger partial charge in [-0.15, -0.1) is 5.10 Å². The van der Waals surface area contributed by atoms with Crippen molar-refractivity contribution in [2.75, 3.05) is 6.61 Å². The minimum Gasteiger partial charge on any atom is -0.476 e. The van der Waals surface area contributed by atoms with Gasteiger partial charge in [0.2, 0.25) is 0 Å². The maximum atomic E-state index is 11.2. The summed E-state index contributed by atoms with van der Waals surface area (Å²) in [6.45, 7) is 2.22. The zero-order chi connectivity index (χ0) is 14.0. The summed E-state index contributed by atoms with van der Waals surface area (Å²) in [5.74, 6) is -1.19. The Kier molecular flexibility index (Phi) is 3.61. The summed E-state index contributed by atoms with van der Waals surface area (Å²) in [4.78, 5) is 15.2. The average molecular weight is 265 g/mol. The summed E-state index contributed by atoms with van der Waals surface area (Å²) >= 11 is 0. The third-order valence-electron chi connectivity index (χ3n) is 2.79. The zero-order valence-corrected chi connectivity index (χ0v) is 10.7. The fourth-order valence-corrected chi connectivity index (χ4v) is 1.78. The predicted octanol–water partition coefficient (Wildman–Crippen LogP) is 0.00520. The maximum Gasteiger partial charge on any atom is 0.358 e. The van der Waals surface area contributed by atoms with E-state index in [-0.39, 0.29) is 18.2 Å². The molecule has 0 aromatic carbocycles. The highest BCUT2D eigenvalue weighted by atomic mass is 16.4. The molecule has 1 atom stereocenters. The number of carboxylic acids is 1. The van der Waals surface area contributed by atoms with Gasteiger partial charge in [0.25, 0.3) is 0 Å². The smallest absolute Gasteiger partial charge is 0.358 e. The van der Waals surface area contributed by atoms with E-state index in [4.69, 9.17) is 10.2 Å². The molecular weight excluding hydrogens is 250 g/mol. The predicted molar refractivity (Wildman–Crippen MR) is 65.4 cm³/mol. The van der Waals surface area contributed by atoms with E-state index in [1.807, 2.05) is 6.92 Å². The van der Waals surface area contributed by atoms with Crippen LogP contribution in [0.2, 0.25) is 0 Å². The number of rotatable bonds is 5. The van der Waals surface area contributed by atoms with Crippen LogP contribution in [-0.2, 0) is 13.6 Å². The van der Waals surface area contributed by atoms with Crippen LogP contribution in [0.4, 0.5) is 0 Å². The van der Waals surface area contributed by atoms with Crippen molar-refractivity contribution in [3.05, 3.63) is 18.2 Å². The first-order valence-corrected chi connectivity index (χ1v) is 5.79. The largest absolute Gasteiger partial charge is 0.476 e. The number of aliphatic hydroxyl groups excluding tert-OH is 1. The fourth-order valence-electron chi connectivity index (χ4n) is 1.78. The third kappa shape index (κ3) is 2.48. The Bertz CT molecular complexity index is 589. The van der Waals surface area contributed by atoms with Gasteiger partial charge in [0, 0.05) is 20.2 Å².